The smallest absolute Gasteiger partial charge is 0.253 e. The molecule has 0 radical (unpaired) electrons. The van der Waals surface area contributed by atoms with Gasteiger partial charge in [0.25, 0.3) is 10.9 Å². The first-order valence-electron chi connectivity index (χ1n) is 7.98. The van der Waals surface area contributed by atoms with Crippen LogP contribution in [0.4, 0.5) is 11.4 Å². The molecule has 0 aliphatic rings. The van der Waals surface area contributed by atoms with E-state index >= 15 is 0 Å². The molecule has 0 unspecified atom stereocenters. The average Bonchev–Trinajstić information content (AvgIpc) is 2.97. The van der Waals surface area contributed by atoms with Gasteiger partial charge in [-0.05, 0) is 31.9 Å². The topological polar surface area (TPSA) is 80.6 Å². The van der Waals surface area contributed by atoms with E-state index in [0.29, 0.717) is 24.5 Å². The molecule has 0 saturated heterocycles. The summed E-state index contributed by atoms with van der Waals surface area (Å²) in [6.07, 6.45) is 4.18. The molecule has 0 saturated carbocycles. The highest BCUT2D eigenvalue weighted by atomic mass is 16.5. The fourth-order valence-electron chi connectivity index (χ4n) is 2.42. The van der Waals surface area contributed by atoms with Crippen LogP contribution in [-0.2, 0) is 11.3 Å². The van der Waals surface area contributed by atoms with Crippen LogP contribution in [0.25, 0.3) is 0 Å². The number of rotatable bonds is 11. The van der Waals surface area contributed by atoms with Crippen LogP contribution >= 0.6 is 0 Å². The lowest BCUT2D eigenvalue weighted by Crippen LogP contribution is -2.37. The molecule has 6 nitrogen and oxygen atoms in total. The number of ether oxygens (including phenoxy) is 1. The van der Waals surface area contributed by atoms with Gasteiger partial charge in [0.05, 0.1) is 6.54 Å². The summed E-state index contributed by atoms with van der Waals surface area (Å²) in [5, 5.41) is 6.05. The quantitative estimate of drug-likeness (QED) is 0.489. The maximum absolute atomic E-state index is 11.7. The predicted molar refractivity (Wildman–Crippen MR) is 91.0 cm³/mol. The number of aryl methyl sites for hydroxylation is 1. The summed E-state index contributed by atoms with van der Waals surface area (Å²) in [6, 6.07) is 3.71. The van der Waals surface area contributed by atoms with Gasteiger partial charge in [0.2, 0.25) is 0 Å². The molecule has 0 fully saturated rings. The third kappa shape index (κ3) is 4.69. The minimum absolute atomic E-state index is 0.364. The van der Waals surface area contributed by atoms with Crippen LogP contribution in [0.3, 0.4) is 0 Å². The normalized spacial score (nSPS) is 11.0. The lowest BCUT2D eigenvalue weighted by molar-refractivity contribution is 0.192. The third-order valence-electron chi connectivity index (χ3n) is 3.72. The molecule has 0 aliphatic heterocycles. The summed E-state index contributed by atoms with van der Waals surface area (Å²) in [6.45, 7) is 3.73. The Balaban J connectivity index is 1.76. The Bertz CT molecular complexity index is 683. The van der Waals surface area contributed by atoms with Crippen LogP contribution in [0, 0.1) is 6.92 Å². The Morgan fingerprint density at radius 3 is 2.35 bits per heavy atom. The van der Waals surface area contributed by atoms with Gasteiger partial charge in [0, 0.05) is 20.3 Å². The highest BCUT2D eigenvalue weighted by Gasteiger charge is 2.20. The van der Waals surface area contributed by atoms with Gasteiger partial charge in [-0.25, -0.2) is 0 Å². The Labute approximate surface area is 135 Å². The van der Waals surface area contributed by atoms with Gasteiger partial charge in [-0.3, -0.25) is 9.59 Å². The number of methoxy groups -OCH3 is 1. The van der Waals surface area contributed by atoms with E-state index in [0.717, 1.165) is 43.8 Å². The van der Waals surface area contributed by atoms with E-state index in [1.165, 1.54) is 0 Å². The van der Waals surface area contributed by atoms with Crippen LogP contribution in [-0.4, -0.2) is 20.3 Å². The zero-order valence-corrected chi connectivity index (χ0v) is 13.7. The molecule has 0 aliphatic carbocycles. The van der Waals surface area contributed by atoms with E-state index in [4.69, 9.17) is 9.15 Å². The molecular formula is C17H24N2O4. The van der Waals surface area contributed by atoms with Gasteiger partial charge in [-0.1, -0.05) is 12.8 Å². The third-order valence-corrected chi connectivity index (χ3v) is 3.72. The monoisotopic (exact) mass is 320 g/mol. The summed E-state index contributed by atoms with van der Waals surface area (Å²) in [4.78, 5) is 23.3. The molecule has 0 bridgehead atoms. The van der Waals surface area contributed by atoms with Crippen molar-refractivity contribution < 1.29 is 9.15 Å². The number of hydrogen-bond acceptors (Lipinski definition) is 6. The molecule has 2 rings (SSSR count). The minimum Gasteiger partial charge on any atom is -0.465 e. The van der Waals surface area contributed by atoms with E-state index in [1.54, 1.807) is 7.11 Å². The first kappa shape index (κ1) is 17.3. The average molecular weight is 320 g/mol. The molecule has 0 spiro atoms. The van der Waals surface area contributed by atoms with Crippen LogP contribution in [0.15, 0.2) is 26.1 Å². The predicted octanol–water partition coefficient (Wildman–Crippen LogP) is 2.41. The van der Waals surface area contributed by atoms with Gasteiger partial charge in [0.15, 0.2) is 0 Å². The molecule has 1 aromatic heterocycles. The largest absolute Gasteiger partial charge is 0.465 e. The number of anilines is 2. The van der Waals surface area contributed by atoms with Gasteiger partial charge in [0.1, 0.15) is 22.9 Å². The SMILES string of the molecule is COCCCCCCNc1c(NCc2ccc(C)o2)c(=O)c1=O. The Morgan fingerprint density at radius 2 is 1.70 bits per heavy atom. The highest BCUT2D eigenvalue weighted by Crippen LogP contribution is 2.16. The highest BCUT2D eigenvalue weighted by molar-refractivity contribution is 5.73. The first-order chi connectivity index (χ1) is 11.1. The lowest BCUT2D eigenvalue weighted by atomic mass is 10.1. The van der Waals surface area contributed by atoms with Gasteiger partial charge >= 0.3 is 0 Å². The van der Waals surface area contributed by atoms with Crippen molar-refractivity contribution in [2.24, 2.45) is 0 Å². The van der Waals surface area contributed by atoms with Crippen molar-refractivity contribution in [1.29, 1.82) is 0 Å². The van der Waals surface area contributed by atoms with Gasteiger partial charge in [-0.2, -0.15) is 0 Å². The lowest BCUT2D eigenvalue weighted by Gasteiger charge is -2.14. The zero-order valence-electron chi connectivity index (χ0n) is 13.7. The second-order valence-corrected chi connectivity index (χ2v) is 5.61. The van der Waals surface area contributed by atoms with Gasteiger partial charge in [-0.15, -0.1) is 0 Å². The van der Waals surface area contributed by atoms with E-state index in [2.05, 4.69) is 10.6 Å². The molecular weight excluding hydrogens is 296 g/mol. The van der Waals surface area contributed by atoms with Crippen LogP contribution in [0.2, 0.25) is 0 Å². The first-order valence-corrected chi connectivity index (χ1v) is 7.98. The summed E-state index contributed by atoms with van der Waals surface area (Å²) in [5.74, 6) is 1.55. The van der Waals surface area contributed by atoms with Crippen LogP contribution < -0.4 is 21.5 Å². The zero-order chi connectivity index (χ0) is 16.7. The maximum Gasteiger partial charge on any atom is 0.253 e. The number of nitrogens with one attached hydrogen (secondary N) is 2. The number of unbranched alkanes of at least 4 members (excludes halogenated alkanes) is 3. The van der Waals surface area contributed by atoms with Crippen molar-refractivity contribution in [3.63, 3.8) is 0 Å². The maximum atomic E-state index is 11.7. The molecule has 2 aromatic rings. The van der Waals surface area contributed by atoms with Crippen molar-refractivity contribution in [2.45, 2.75) is 39.2 Å². The summed E-state index contributed by atoms with van der Waals surface area (Å²) in [5.41, 5.74) is -0.142. The summed E-state index contributed by atoms with van der Waals surface area (Å²) < 4.78 is 10.4. The van der Waals surface area contributed by atoms with E-state index in [9.17, 15) is 9.59 Å². The molecule has 0 atom stereocenters. The Morgan fingerprint density at radius 1 is 1.00 bits per heavy atom. The molecule has 0 amide bonds. The standard InChI is InChI=1S/C17H24N2O4/c1-12-7-8-13(23-12)11-19-15-14(16(20)17(15)21)18-9-5-3-4-6-10-22-2/h7-8,18-19H,3-6,9-11H2,1-2H3. The molecule has 126 valence electrons. The van der Waals surface area contributed by atoms with Crippen molar-refractivity contribution in [3.05, 3.63) is 44.1 Å². The number of hydrogen-bond donors (Lipinski definition) is 2. The molecule has 6 heteroatoms. The summed E-state index contributed by atoms with van der Waals surface area (Å²) in [7, 11) is 1.70. The Kier molecular flexibility index (Phi) is 6.40. The van der Waals surface area contributed by atoms with Crippen molar-refractivity contribution in [1.82, 2.24) is 0 Å². The van der Waals surface area contributed by atoms with Crippen molar-refractivity contribution in [3.8, 4) is 0 Å². The Hall–Kier alpha value is -2.08. The van der Waals surface area contributed by atoms with Crippen LogP contribution in [0.5, 0.6) is 0 Å². The van der Waals surface area contributed by atoms with E-state index < -0.39 is 10.9 Å². The summed E-state index contributed by atoms with van der Waals surface area (Å²) >= 11 is 0. The fourth-order valence-corrected chi connectivity index (χ4v) is 2.42. The van der Waals surface area contributed by atoms with Crippen molar-refractivity contribution >= 4 is 11.4 Å². The van der Waals surface area contributed by atoms with E-state index in [-0.39, 0.29) is 0 Å². The minimum atomic E-state index is -0.462. The van der Waals surface area contributed by atoms with Crippen molar-refractivity contribution in [2.75, 3.05) is 30.9 Å². The second-order valence-electron chi connectivity index (χ2n) is 5.61. The fraction of sp³-hybridized carbons (Fsp3) is 0.529. The molecule has 23 heavy (non-hydrogen) atoms. The number of furan rings is 1. The van der Waals surface area contributed by atoms with Gasteiger partial charge < -0.3 is 19.8 Å². The van der Waals surface area contributed by atoms with Crippen LogP contribution in [0.1, 0.15) is 37.2 Å². The molecule has 1 heterocycles. The molecule has 2 N–H and O–H groups in total. The second kappa shape index (κ2) is 8.53. The van der Waals surface area contributed by atoms with E-state index in [1.807, 2.05) is 19.1 Å². The molecule has 1 aromatic carbocycles.